The fourth-order valence-electron chi connectivity index (χ4n) is 1.08. The van der Waals surface area contributed by atoms with Gasteiger partial charge in [0.2, 0.25) is 0 Å². The second kappa shape index (κ2) is 5.77. The average Bonchev–Trinajstić information content (AvgIpc) is 2.58. The Kier molecular flexibility index (Phi) is 4.64. The fourth-order valence-corrected chi connectivity index (χ4v) is 2.06. The molecule has 0 aliphatic rings. The van der Waals surface area contributed by atoms with Crippen LogP contribution in [0, 0.1) is 10.1 Å². The lowest BCUT2D eigenvalue weighted by molar-refractivity contribution is -0.485. The first-order valence-corrected chi connectivity index (χ1v) is 5.62. The molecule has 1 aromatic heterocycles. The molecule has 82 valence electrons. The van der Waals surface area contributed by atoms with Crippen molar-refractivity contribution in [2.45, 2.75) is 26.2 Å². The smallest absolute Gasteiger partial charge is 0.190 e. The summed E-state index contributed by atoms with van der Waals surface area (Å²) in [5.41, 5.74) is 0.588. The Bertz CT molecular complexity index is 378. The molecule has 1 rings (SSSR count). The number of hydrogen-bond donors (Lipinski definition) is 0. The van der Waals surface area contributed by atoms with Gasteiger partial charge in [-0.2, -0.15) is 0 Å². The molecule has 0 unspecified atom stereocenters. The van der Waals surface area contributed by atoms with Crippen LogP contribution in [0.4, 0.5) is 0 Å². The second-order valence-corrected chi connectivity index (χ2v) is 4.53. The molecule has 0 atom stereocenters. The topological polar surface area (TPSA) is 68.4 Å². The molecule has 0 aliphatic carbocycles. The number of aromatic nitrogens is 1. The minimum Gasteiger partial charge on any atom is -0.233 e. The third kappa shape index (κ3) is 4.35. The molecule has 1 heterocycles. The second-order valence-electron chi connectivity index (χ2n) is 2.84. The van der Waals surface area contributed by atoms with Crippen LogP contribution in [0.5, 0.6) is 0 Å². The van der Waals surface area contributed by atoms with Crippen molar-refractivity contribution in [2.24, 2.45) is 5.10 Å². The third-order valence-corrected chi connectivity index (χ3v) is 2.99. The quantitative estimate of drug-likeness (QED) is 0.456. The van der Waals surface area contributed by atoms with E-state index in [9.17, 15) is 10.1 Å². The number of thiazole rings is 1. The van der Waals surface area contributed by atoms with Crippen LogP contribution in [0.1, 0.15) is 24.6 Å². The molecule has 0 saturated heterocycles. The van der Waals surface area contributed by atoms with Gasteiger partial charge >= 0.3 is 0 Å². The van der Waals surface area contributed by atoms with Crippen LogP contribution in [0.15, 0.2) is 11.3 Å². The van der Waals surface area contributed by atoms with E-state index in [0.29, 0.717) is 29.4 Å². The molecular formula is C8H10ClN3O2S. The number of nitrogens with zero attached hydrogens (tertiary/aromatic N) is 3. The maximum absolute atomic E-state index is 10.2. The Hall–Kier alpha value is -1.01. The van der Waals surface area contributed by atoms with Crippen LogP contribution in [-0.2, 0) is 6.42 Å². The zero-order valence-corrected chi connectivity index (χ0v) is 9.72. The SMILES string of the molecule is CC/C(CCc1cnc(Cl)s1)=N\[N+](=O)[O-]. The standard InChI is InChI=1S/C8H10ClN3O2S/c1-2-6(11-12(13)14)3-4-7-5-10-8(9)15-7/h5H,2-4H2,1H3/b11-6+. The lowest BCUT2D eigenvalue weighted by Gasteiger charge is -1.96. The van der Waals surface area contributed by atoms with Crippen molar-refractivity contribution in [1.82, 2.24) is 4.98 Å². The number of aryl methyl sites for hydroxylation is 1. The molecule has 0 aliphatic heterocycles. The molecule has 0 amide bonds. The first-order chi connectivity index (χ1) is 7.11. The van der Waals surface area contributed by atoms with Gasteiger partial charge in [-0.3, -0.25) is 0 Å². The van der Waals surface area contributed by atoms with Gasteiger partial charge in [0.05, 0.1) is 10.8 Å². The van der Waals surface area contributed by atoms with Crippen LogP contribution < -0.4 is 0 Å². The number of nitro groups is 1. The Morgan fingerprint density at radius 3 is 3.00 bits per heavy atom. The molecule has 5 nitrogen and oxygen atoms in total. The van der Waals surface area contributed by atoms with Gasteiger partial charge in [0, 0.05) is 11.1 Å². The molecule has 0 spiro atoms. The highest BCUT2D eigenvalue weighted by Gasteiger charge is 2.05. The molecular weight excluding hydrogens is 238 g/mol. The normalized spacial score (nSPS) is 11.7. The van der Waals surface area contributed by atoms with E-state index >= 15 is 0 Å². The van der Waals surface area contributed by atoms with Crippen molar-refractivity contribution in [3.63, 3.8) is 0 Å². The summed E-state index contributed by atoms with van der Waals surface area (Å²) in [6.07, 6.45) is 3.56. The number of halogens is 1. The van der Waals surface area contributed by atoms with Crippen molar-refractivity contribution in [3.05, 3.63) is 25.7 Å². The summed E-state index contributed by atoms with van der Waals surface area (Å²) in [6.45, 7) is 1.85. The van der Waals surface area contributed by atoms with E-state index in [4.69, 9.17) is 11.6 Å². The highest BCUT2D eigenvalue weighted by Crippen LogP contribution is 2.19. The molecule has 0 N–H and O–H groups in total. The van der Waals surface area contributed by atoms with Crippen LogP contribution in [0.25, 0.3) is 0 Å². The van der Waals surface area contributed by atoms with Crippen LogP contribution in [0.2, 0.25) is 4.47 Å². The largest absolute Gasteiger partial charge is 0.233 e. The zero-order valence-electron chi connectivity index (χ0n) is 8.14. The van der Waals surface area contributed by atoms with E-state index in [2.05, 4.69) is 10.1 Å². The molecule has 0 fully saturated rings. The van der Waals surface area contributed by atoms with Crippen molar-refractivity contribution in [3.8, 4) is 0 Å². The maximum Gasteiger partial charge on any atom is 0.190 e. The van der Waals surface area contributed by atoms with Gasteiger partial charge in [-0.1, -0.05) is 18.5 Å². The minimum atomic E-state index is -0.654. The van der Waals surface area contributed by atoms with Crippen LogP contribution >= 0.6 is 22.9 Å². The summed E-state index contributed by atoms with van der Waals surface area (Å²) in [4.78, 5) is 15.1. The van der Waals surface area contributed by atoms with Gasteiger partial charge in [-0.25, -0.2) is 15.1 Å². The summed E-state index contributed by atoms with van der Waals surface area (Å²) in [7, 11) is 0. The Morgan fingerprint density at radius 2 is 2.53 bits per heavy atom. The summed E-state index contributed by atoms with van der Waals surface area (Å²) >= 11 is 7.05. The van der Waals surface area contributed by atoms with Crippen molar-refractivity contribution in [2.75, 3.05) is 0 Å². The van der Waals surface area contributed by atoms with Gasteiger partial charge in [0.1, 0.15) is 0 Å². The van der Waals surface area contributed by atoms with Gasteiger partial charge in [-0.15, -0.1) is 11.3 Å². The first-order valence-electron chi connectivity index (χ1n) is 4.42. The van der Waals surface area contributed by atoms with Gasteiger partial charge in [0.15, 0.2) is 9.50 Å². The molecule has 1 aromatic rings. The van der Waals surface area contributed by atoms with Crippen molar-refractivity contribution in [1.29, 1.82) is 0 Å². The van der Waals surface area contributed by atoms with E-state index in [1.165, 1.54) is 11.3 Å². The molecule has 15 heavy (non-hydrogen) atoms. The Balaban J connectivity index is 2.51. The predicted octanol–water partition coefficient (Wildman–Crippen LogP) is 2.77. The highest BCUT2D eigenvalue weighted by molar-refractivity contribution is 7.15. The number of hydrazone groups is 1. The van der Waals surface area contributed by atoms with Crippen molar-refractivity contribution < 1.29 is 5.03 Å². The molecule has 7 heteroatoms. The Morgan fingerprint density at radius 1 is 1.80 bits per heavy atom. The zero-order chi connectivity index (χ0) is 11.3. The highest BCUT2D eigenvalue weighted by atomic mass is 35.5. The monoisotopic (exact) mass is 247 g/mol. The molecule has 0 saturated carbocycles. The van der Waals surface area contributed by atoms with Gasteiger partial charge in [0.25, 0.3) is 0 Å². The summed E-state index contributed by atoms with van der Waals surface area (Å²) < 4.78 is 0.495. The van der Waals surface area contributed by atoms with Crippen LogP contribution in [0.3, 0.4) is 0 Å². The maximum atomic E-state index is 10.2. The minimum absolute atomic E-state index is 0.495. The van der Waals surface area contributed by atoms with E-state index in [1.54, 1.807) is 6.20 Å². The molecule has 0 aromatic carbocycles. The van der Waals surface area contributed by atoms with E-state index in [-0.39, 0.29) is 0 Å². The average molecular weight is 248 g/mol. The predicted molar refractivity (Wildman–Crippen MR) is 60.2 cm³/mol. The summed E-state index contributed by atoms with van der Waals surface area (Å²) in [5.74, 6) is 0. The lowest BCUT2D eigenvalue weighted by atomic mass is 10.1. The molecule has 0 bridgehead atoms. The summed E-state index contributed by atoms with van der Waals surface area (Å²) in [5, 5.41) is 12.8. The third-order valence-electron chi connectivity index (χ3n) is 1.82. The van der Waals surface area contributed by atoms with Gasteiger partial charge < -0.3 is 0 Å². The van der Waals surface area contributed by atoms with E-state index < -0.39 is 5.03 Å². The van der Waals surface area contributed by atoms with E-state index in [0.717, 1.165) is 4.88 Å². The summed E-state index contributed by atoms with van der Waals surface area (Å²) in [6, 6.07) is 0. The van der Waals surface area contributed by atoms with Crippen molar-refractivity contribution >= 4 is 28.6 Å². The lowest BCUT2D eigenvalue weighted by Crippen LogP contribution is -2.02. The van der Waals surface area contributed by atoms with Crippen LogP contribution in [-0.4, -0.2) is 15.7 Å². The first kappa shape index (κ1) is 12.1. The number of rotatable bonds is 5. The molecule has 0 radical (unpaired) electrons. The Labute approximate surface area is 95.9 Å². The van der Waals surface area contributed by atoms with Gasteiger partial charge in [-0.05, 0) is 19.3 Å². The van der Waals surface area contributed by atoms with E-state index in [1.807, 2.05) is 6.92 Å². The fraction of sp³-hybridized carbons (Fsp3) is 0.500. The number of hydrogen-bond acceptors (Lipinski definition) is 4.